The SMILES string of the molecule is C[C@@H](CCC(=O)[C@@H](C)C1C(=O)CC2C3CCC4CC(O[C@@H]5CC(COC(=O)c6ccccc6)[C@H](O)C(OC(=O)c6ccccc6)C5O)CCC4(C)C3CCC21C)CO[C@@H]1OC[C@H](OC(=O)c2ccccc2)C(OC(=O)c2ccccc2)C1OC(=O)c1ccccc1. The average Bonchev–Trinajstić information content (AvgIpc) is 1.66. The Labute approximate surface area is 531 Å². The minimum absolute atomic E-state index is 0.0144. The molecule has 0 spiro atoms. The van der Waals surface area contributed by atoms with Gasteiger partial charge in [0.2, 0.25) is 0 Å². The van der Waals surface area contributed by atoms with Gasteiger partial charge >= 0.3 is 29.8 Å². The first-order valence-corrected chi connectivity index (χ1v) is 32.5. The van der Waals surface area contributed by atoms with Crippen molar-refractivity contribution in [1.29, 1.82) is 0 Å². The van der Waals surface area contributed by atoms with Gasteiger partial charge in [-0.1, -0.05) is 119 Å². The molecular formula is C74H84O17. The lowest BCUT2D eigenvalue weighted by atomic mass is 9.44. The molecule has 19 atom stereocenters. The highest BCUT2D eigenvalue weighted by molar-refractivity contribution is 5.93. The lowest BCUT2D eigenvalue weighted by Crippen LogP contribution is -2.58. The second-order valence-electron chi connectivity index (χ2n) is 26.8. The van der Waals surface area contributed by atoms with E-state index in [2.05, 4.69) is 13.8 Å². The molecule has 0 bridgehead atoms. The van der Waals surface area contributed by atoms with E-state index in [4.69, 9.17) is 37.9 Å². The summed E-state index contributed by atoms with van der Waals surface area (Å²) >= 11 is 0. The van der Waals surface area contributed by atoms with Gasteiger partial charge in [-0.15, -0.1) is 0 Å². The second kappa shape index (κ2) is 28.6. The third-order valence-corrected chi connectivity index (χ3v) is 21.3. The van der Waals surface area contributed by atoms with Gasteiger partial charge in [-0.3, -0.25) is 9.59 Å². The van der Waals surface area contributed by atoms with Crippen LogP contribution in [0.1, 0.15) is 150 Å². The third-order valence-electron chi connectivity index (χ3n) is 21.3. The quantitative estimate of drug-likeness (QED) is 0.0513. The van der Waals surface area contributed by atoms with Crippen molar-refractivity contribution >= 4 is 41.4 Å². The first-order valence-electron chi connectivity index (χ1n) is 32.5. The van der Waals surface area contributed by atoms with E-state index in [9.17, 15) is 43.8 Å². The molecule has 11 rings (SSSR count). The van der Waals surface area contributed by atoms with Gasteiger partial charge in [0.25, 0.3) is 0 Å². The predicted molar refractivity (Wildman–Crippen MR) is 332 cm³/mol. The van der Waals surface area contributed by atoms with Gasteiger partial charge in [0, 0.05) is 30.6 Å². The number of ketones is 2. The summed E-state index contributed by atoms with van der Waals surface area (Å²) in [5, 5.41) is 23.5. The number of hydrogen-bond acceptors (Lipinski definition) is 17. The number of aliphatic hydroxyl groups excluding tert-OH is 2. The van der Waals surface area contributed by atoms with Gasteiger partial charge in [0.1, 0.15) is 17.7 Å². The minimum atomic E-state index is -1.40. The molecule has 6 aliphatic rings. The number of carbonyl (C=O) groups excluding carboxylic acids is 7. The zero-order chi connectivity index (χ0) is 64.0. The molecule has 17 heteroatoms. The highest BCUT2D eigenvalue weighted by Crippen LogP contribution is 2.68. The molecular weight excluding hydrogens is 1160 g/mol. The van der Waals surface area contributed by atoms with Gasteiger partial charge in [0.15, 0.2) is 30.7 Å². The molecule has 5 saturated carbocycles. The maximum atomic E-state index is 14.5. The van der Waals surface area contributed by atoms with Crippen molar-refractivity contribution < 1.29 is 81.7 Å². The number of esters is 5. The van der Waals surface area contributed by atoms with Crippen molar-refractivity contribution in [3.05, 3.63) is 179 Å². The summed E-state index contributed by atoms with van der Waals surface area (Å²) in [4.78, 5) is 96.4. The number of ether oxygens (including phenoxy) is 8. The second-order valence-corrected chi connectivity index (χ2v) is 26.8. The number of Topliss-reactive ketones (excluding diaryl/α,β-unsaturated/α-hetero) is 2. The zero-order valence-corrected chi connectivity index (χ0v) is 52.2. The fraction of sp³-hybridized carbons (Fsp3) is 0.500. The topological polar surface area (TPSA) is 234 Å². The summed E-state index contributed by atoms with van der Waals surface area (Å²) < 4.78 is 49.1. The van der Waals surface area contributed by atoms with E-state index < -0.39 is 96.6 Å². The van der Waals surface area contributed by atoms with Gasteiger partial charge in [0.05, 0.1) is 65.9 Å². The highest BCUT2D eigenvalue weighted by atomic mass is 16.7. The zero-order valence-electron chi connectivity index (χ0n) is 52.2. The van der Waals surface area contributed by atoms with Crippen LogP contribution in [0.2, 0.25) is 0 Å². The number of hydrogen-bond donors (Lipinski definition) is 2. The lowest BCUT2D eigenvalue weighted by molar-refractivity contribution is -0.270. The molecule has 0 aromatic heterocycles. The molecule has 13 unspecified atom stereocenters. The van der Waals surface area contributed by atoms with Crippen LogP contribution >= 0.6 is 0 Å². The number of carbonyl (C=O) groups is 7. The predicted octanol–water partition coefficient (Wildman–Crippen LogP) is 11.1. The molecule has 2 N–H and O–H groups in total. The Bertz CT molecular complexity index is 3330. The van der Waals surface area contributed by atoms with Crippen LogP contribution in [0.4, 0.5) is 0 Å². The average molecular weight is 1250 g/mol. The Kier molecular flexibility index (Phi) is 20.5. The Morgan fingerprint density at radius 2 is 1.07 bits per heavy atom. The summed E-state index contributed by atoms with van der Waals surface area (Å²) in [6.45, 7) is 8.15. The molecule has 6 fully saturated rings. The monoisotopic (exact) mass is 1240 g/mol. The standard InChI is InChI=1S/C74H84O17/c1-44(41-85-72-66(91-71(83)50-28-18-9-19-29-50)64(89-69(81)48-24-14-7-15-25-48)60(43-86-72)88-68(80)47-22-12-6-13-23-47)30-33-57(75)45(2)61-58(76)40-56-54-32-31-52-39-53(34-36-73(52,3)55(54)35-37-74(56,61)4)87-59-38-51(42-84-67(79)46-20-10-5-11-21-46)62(77)65(63(59)78)90-70(82)49-26-16-8-17-27-49/h5-29,44-45,51-56,59-66,72,77-78H,30-43H2,1-4H3/t44-,45+,51?,52?,53?,54?,55?,56?,59+,60-,61?,62-,63?,64?,65?,66?,72+,73?,74?/m0/s1. The van der Waals surface area contributed by atoms with Crippen LogP contribution in [-0.2, 0) is 47.5 Å². The minimum Gasteiger partial charge on any atom is -0.462 e. The molecule has 0 amide bonds. The van der Waals surface area contributed by atoms with Crippen LogP contribution in [0.15, 0.2) is 152 Å². The fourth-order valence-corrected chi connectivity index (χ4v) is 16.3. The van der Waals surface area contributed by atoms with E-state index in [0.29, 0.717) is 36.2 Å². The van der Waals surface area contributed by atoms with Gasteiger partial charge in [-0.25, -0.2) is 24.0 Å². The molecule has 91 heavy (non-hydrogen) atoms. The molecule has 5 aromatic carbocycles. The smallest absolute Gasteiger partial charge is 0.338 e. The summed E-state index contributed by atoms with van der Waals surface area (Å²) in [7, 11) is 0. The van der Waals surface area contributed by atoms with Gasteiger partial charge < -0.3 is 48.1 Å². The molecule has 17 nitrogen and oxygen atoms in total. The van der Waals surface area contributed by atoms with Gasteiger partial charge in [-0.2, -0.15) is 0 Å². The molecule has 0 radical (unpaired) electrons. The molecule has 1 heterocycles. The summed E-state index contributed by atoms with van der Waals surface area (Å²) in [6.07, 6.45) is -2.95. The van der Waals surface area contributed by atoms with Crippen molar-refractivity contribution in [2.75, 3.05) is 19.8 Å². The largest absolute Gasteiger partial charge is 0.462 e. The summed E-state index contributed by atoms with van der Waals surface area (Å²) in [5.41, 5.74) is 0.963. The third kappa shape index (κ3) is 14.3. The Morgan fingerprint density at radius 1 is 0.560 bits per heavy atom. The fourth-order valence-electron chi connectivity index (χ4n) is 16.3. The Morgan fingerprint density at radius 3 is 1.63 bits per heavy atom. The first kappa shape index (κ1) is 65.1. The van der Waals surface area contributed by atoms with E-state index in [-0.39, 0.29) is 95.3 Å². The Hall–Kier alpha value is -7.41. The molecule has 482 valence electrons. The van der Waals surface area contributed by atoms with Crippen molar-refractivity contribution in [1.82, 2.24) is 0 Å². The van der Waals surface area contributed by atoms with Crippen LogP contribution in [0.5, 0.6) is 0 Å². The van der Waals surface area contributed by atoms with Crippen molar-refractivity contribution in [2.45, 2.75) is 153 Å². The molecule has 1 saturated heterocycles. The molecule has 5 aromatic rings. The van der Waals surface area contributed by atoms with E-state index in [1.807, 2.05) is 13.8 Å². The summed E-state index contributed by atoms with van der Waals surface area (Å²) in [6, 6.07) is 41.9. The van der Waals surface area contributed by atoms with Crippen LogP contribution < -0.4 is 0 Å². The maximum absolute atomic E-state index is 14.5. The van der Waals surface area contributed by atoms with E-state index in [1.54, 1.807) is 152 Å². The van der Waals surface area contributed by atoms with Gasteiger partial charge in [-0.05, 0) is 159 Å². The number of rotatable bonds is 21. The van der Waals surface area contributed by atoms with Crippen molar-refractivity contribution in [2.24, 2.45) is 58.2 Å². The van der Waals surface area contributed by atoms with Crippen LogP contribution in [0, 0.1) is 58.2 Å². The van der Waals surface area contributed by atoms with E-state index in [1.165, 1.54) is 0 Å². The Balaban J connectivity index is 0.708. The van der Waals surface area contributed by atoms with Crippen molar-refractivity contribution in [3.8, 4) is 0 Å². The number of benzene rings is 5. The van der Waals surface area contributed by atoms with Crippen molar-refractivity contribution in [3.63, 3.8) is 0 Å². The molecule has 1 aliphatic heterocycles. The molecule has 5 aliphatic carbocycles. The lowest BCUT2D eigenvalue weighted by Gasteiger charge is -2.61. The highest BCUT2D eigenvalue weighted by Gasteiger charge is 2.64. The van der Waals surface area contributed by atoms with Crippen LogP contribution in [0.3, 0.4) is 0 Å². The van der Waals surface area contributed by atoms with E-state index >= 15 is 0 Å². The first-order chi connectivity index (χ1) is 43.9. The van der Waals surface area contributed by atoms with Crippen LogP contribution in [-0.4, -0.2) is 127 Å². The number of aliphatic hydroxyl groups is 2. The number of fused-ring (bicyclic) bond motifs is 5. The normalized spacial score (nSPS) is 32.5. The summed E-state index contributed by atoms with van der Waals surface area (Å²) in [5.74, 6) is -3.92. The van der Waals surface area contributed by atoms with Crippen LogP contribution in [0.25, 0.3) is 0 Å². The van der Waals surface area contributed by atoms with E-state index in [0.717, 1.165) is 44.9 Å². The maximum Gasteiger partial charge on any atom is 0.338 e.